The van der Waals surface area contributed by atoms with Gasteiger partial charge in [-0.25, -0.2) is 0 Å². The molecule has 186 valence electrons. The fourth-order valence-corrected chi connectivity index (χ4v) is 4.58. The molecule has 4 rings (SSSR count). The molecule has 0 spiro atoms. The lowest BCUT2D eigenvalue weighted by atomic mass is 10.1. The van der Waals surface area contributed by atoms with Crippen molar-refractivity contribution in [3.63, 3.8) is 0 Å². The Morgan fingerprint density at radius 1 is 0.944 bits per heavy atom. The van der Waals surface area contributed by atoms with E-state index in [4.69, 9.17) is 4.74 Å². The predicted molar refractivity (Wildman–Crippen MR) is 147 cm³/mol. The standard InChI is InChI=1S/C30H33N3O3/c1-6-22-7-10-25(11-8-22)31-17-24-15-23-9-12-26(36-5)16-27(23)33(30(24)35)18-28(34)32-29-20(3)13-19(2)14-21(29)4/h7-16,31H,6,17-18H2,1-5H3,(H,32,34). The second kappa shape index (κ2) is 10.7. The Bertz CT molecular complexity index is 1450. The van der Waals surface area contributed by atoms with Crippen molar-refractivity contribution in [3.8, 4) is 5.75 Å². The molecule has 4 aromatic rings. The fraction of sp³-hybridized carbons (Fsp3) is 0.267. The Kier molecular flexibility index (Phi) is 7.44. The highest BCUT2D eigenvalue weighted by Gasteiger charge is 2.15. The summed E-state index contributed by atoms with van der Waals surface area (Å²) in [7, 11) is 1.58. The molecular formula is C30H33N3O3. The molecule has 0 bridgehead atoms. The maximum Gasteiger partial charge on any atom is 0.256 e. The molecule has 0 fully saturated rings. The lowest BCUT2D eigenvalue weighted by molar-refractivity contribution is -0.116. The molecule has 6 heteroatoms. The quantitative estimate of drug-likeness (QED) is 0.335. The normalized spacial score (nSPS) is 10.9. The lowest BCUT2D eigenvalue weighted by Gasteiger charge is -2.16. The Morgan fingerprint density at radius 2 is 1.64 bits per heavy atom. The largest absolute Gasteiger partial charge is 0.497 e. The van der Waals surface area contributed by atoms with Crippen molar-refractivity contribution in [2.24, 2.45) is 0 Å². The van der Waals surface area contributed by atoms with E-state index in [1.165, 1.54) is 10.1 Å². The summed E-state index contributed by atoms with van der Waals surface area (Å²) >= 11 is 0. The number of anilines is 2. The number of carbonyl (C=O) groups excluding carboxylic acids is 1. The van der Waals surface area contributed by atoms with Crippen molar-refractivity contribution >= 4 is 28.2 Å². The van der Waals surface area contributed by atoms with Crippen molar-refractivity contribution in [2.75, 3.05) is 17.7 Å². The zero-order valence-electron chi connectivity index (χ0n) is 21.6. The van der Waals surface area contributed by atoms with Gasteiger partial charge in [0.15, 0.2) is 0 Å². The van der Waals surface area contributed by atoms with Crippen LogP contribution in [-0.4, -0.2) is 17.6 Å². The van der Waals surface area contributed by atoms with E-state index in [0.29, 0.717) is 23.4 Å². The number of nitrogens with zero attached hydrogens (tertiary/aromatic N) is 1. The number of amides is 1. The molecule has 2 N–H and O–H groups in total. The van der Waals surface area contributed by atoms with Crippen molar-refractivity contribution < 1.29 is 9.53 Å². The van der Waals surface area contributed by atoms with Gasteiger partial charge < -0.3 is 15.4 Å². The Labute approximate surface area is 211 Å². The maximum absolute atomic E-state index is 13.6. The van der Waals surface area contributed by atoms with E-state index in [2.05, 4.69) is 29.7 Å². The molecule has 6 nitrogen and oxygen atoms in total. The number of fused-ring (bicyclic) bond motifs is 1. The maximum atomic E-state index is 13.6. The summed E-state index contributed by atoms with van der Waals surface area (Å²) in [5.41, 5.74) is 7.14. The number of hydrogen-bond donors (Lipinski definition) is 2. The third-order valence-electron chi connectivity index (χ3n) is 6.47. The topological polar surface area (TPSA) is 72.4 Å². The number of ether oxygens (including phenoxy) is 1. The molecule has 1 amide bonds. The van der Waals surface area contributed by atoms with Crippen LogP contribution in [0, 0.1) is 20.8 Å². The van der Waals surface area contributed by atoms with Gasteiger partial charge in [-0.3, -0.25) is 14.2 Å². The molecule has 0 aliphatic carbocycles. The monoisotopic (exact) mass is 483 g/mol. The third-order valence-corrected chi connectivity index (χ3v) is 6.47. The third kappa shape index (κ3) is 5.43. The molecule has 1 aromatic heterocycles. The number of methoxy groups -OCH3 is 1. The lowest BCUT2D eigenvalue weighted by Crippen LogP contribution is -2.31. The first-order chi connectivity index (χ1) is 17.3. The van der Waals surface area contributed by atoms with E-state index in [9.17, 15) is 9.59 Å². The van der Waals surface area contributed by atoms with Crippen LogP contribution in [0.5, 0.6) is 5.75 Å². The molecule has 0 aliphatic heterocycles. The molecule has 1 heterocycles. The summed E-state index contributed by atoms with van der Waals surface area (Å²) in [5, 5.41) is 7.22. The number of aryl methyl sites for hydroxylation is 4. The fourth-order valence-electron chi connectivity index (χ4n) is 4.58. The van der Waals surface area contributed by atoms with Crippen LogP contribution >= 0.6 is 0 Å². The van der Waals surface area contributed by atoms with Crippen LogP contribution in [0.4, 0.5) is 11.4 Å². The molecular weight excluding hydrogens is 450 g/mol. The summed E-state index contributed by atoms with van der Waals surface area (Å²) in [6, 6.07) is 19.7. The van der Waals surface area contributed by atoms with Gasteiger partial charge in [-0.2, -0.15) is 0 Å². The van der Waals surface area contributed by atoms with E-state index >= 15 is 0 Å². The predicted octanol–water partition coefficient (Wildman–Crippen LogP) is 5.75. The van der Waals surface area contributed by atoms with Crippen LogP contribution in [0.3, 0.4) is 0 Å². The van der Waals surface area contributed by atoms with Crippen LogP contribution in [0.1, 0.15) is 34.7 Å². The molecule has 3 aromatic carbocycles. The van der Waals surface area contributed by atoms with E-state index in [-0.39, 0.29) is 18.0 Å². The van der Waals surface area contributed by atoms with E-state index < -0.39 is 0 Å². The molecule has 36 heavy (non-hydrogen) atoms. The van der Waals surface area contributed by atoms with E-state index in [1.54, 1.807) is 13.2 Å². The second-order valence-electron chi connectivity index (χ2n) is 9.21. The van der Waals surface area contributed by atoms with Crippen molar-refractivity contribution in [2.45, 2.75) is 47.2 Å². The van der Waals surface area contributed by atoms with Crippen LogP contribution < -0.4 is 20.9 Å². The zero-order valence-corrected chi connectivity index (χ0v) is 21.6. The van der Waals surface area contributed by atoms with Crippen LogP contribution in [-0.2, 0) is 24.3 Å². The number of hydrogen-bond acceptors (Lipinski definition) is 4. The van der Waals surface area contributed by atoms with Crippen LogP contribution in [0.25, 0.3) is 10.9 Å². The Morgan fingerprint density at radius 3 is 2.28 bits per heavy atom. The number of carbonyl (C=O) groups is 1. The molecule has 0 atom stereocenters. The van der Waals surface area contributed by atoms with Crippen LogP contribution in [0.15, 0.2) is 65.5 Å². The Balaban J connectivity index is 1.67. The summed E-state index contributed by atoms with van der Waals surface area (Å²) in [5.74, 6) is 0.375. The van der Waals surface area contributed by atoms with Gasteiger partial charge >= 0.3 is 0 Å². The summed E-state index contributed by atoms with van der Waals surface area (Å²) in [4.78, 5) is 26.7. The van der Waals surface area contributed by atoms with Crippen molar-refractivity contribution in [1.82, 2.24) is 4.57 Å². The highest BCUT2D eigenvalue weighted by molar-refractivity contribution is 5.93. The summed E-state index contributed by atoms with van der Waals surface area (Å²) in [6.45, 7) is 8.34. The highest BCUT2D eigenvalue weighted by atomic mass is 16.5. The average molecular weight is 484 g/mol. The molecule has 0 saturated carbocycles. The first-order valence-electron chi connectivity index (χ1n) is 12.2. The van der Waals surface area contributed by atoms with E-state index in [0.717, 1.165) is 39.9 Å². The number of rotatable bonds is 8. The number of nitrogens with one attached hydrogen (secondary N) is 2. The van der Waals surface area contributed by atoms with Gasteiger partial charge in [-0.1, -0.05) is 36.8 Å². The second-order valence-corrected chi connectivity index (χ2v) is 9.21. The van der Waals surface area contributed by atoms with Crippen molar-refractivity contribution in [3.05, 3.63) is 98.8 Å². The van der Waals surface area contributed by atoms with Gasteiger partial charge in [0, 0.05) is 29.5 Å². The average Bonchev–Trinajstić information content (AvgIpc) is 2.87. The van der Waals surface area contributed by atoms with Gasteiger partial charge in [-0.15, -0.1) is 0 Å². The summed E-state index contributed by atoms with van der Waals surface area (Å²) in [6.07, 6.45) is 0.975. The molecule has 0 unspecified atom stereocenters. The van der Waals surface area contributed by atoms with Gasteiger partial charge in [-0.05, 0) is 79.6 Å². The minimum atomic E-state index is -0.253. The van der Waals surface area contributed by atoms with Gasteiger partial charge in [0.25, 0.3) is 5.56 Å². The van der Waals surface area contributed by atoms with Gasteiger partial charge in [0.05, 0.1) is 12.6 Å². The van der Waals surface area contributed by atoms with Gasteiger partial charge in [0.2, 0.25) is 5.91 Å². The minimum absolute atomic E-state index is 0.103. The van der Waals surface area contributed by atoms with Crippen LogP contribution in [0.2, 0.25) is 0 Å². The number of benzene rings is 3. The SMILES string of the molecule is CCc1ccc(NCc2cc3ccc(OC)cc3n(CC(=O)Nc3c(C)cc(C)cc3C)c2=O)cc1. The molecule has 0 saturated heterocycles. The van der Waals surface area contributed by atoms with E-state index in [1.807, 2.05) is 63.2 Å². The molecule has 0 radical (unpaired) electrons. The summed E-state index contributed by atoms with van der Waals surface area (Å²) < 4.78 is 6.92. The first kappa shape index (κ1) is 25.0. The Hall–Kier alpha value is -4.06. The van der Waals surface area contributed by atoms with Gasteiger partial charge in [0.1, 0.15) is 12.3 Å². The number of aromatic nitrogens is 1. The highest BCUT2D eigenvalue weighted by Crippen LogP contribution is 2.24. The van der Waals surface area contributed by atoms with Crippen molar-refractivity contribution in [1.29, 1.82) is 0 Å². The smallest absolute Gasteiger partial charge is 0.256 e. The first-order valence-corrected chi connectivity index (χ1v) is 12.2. The zero-order chi connectivity index (χ0) is 25.8. The number of pyridine rings is 1. The minimum Gasteiger partial charge on any atom is -0.497 e. The molecule has 0 aliphatic rings.